The van der Waals surface area contributed by atoms with Gasteiger partial charge < -0.3 is 14.8 Å². The summed E-state index contributed by atoms with van der Waals surface area (Å²) in [4.78, 5) is 24.5. The van der Waals surface area contributed by atoms with Crippen molar-refractivity contribution >= 4 is 43.9 Å². The monoisotopic (exact) mass is 480 g/mol. The van der Waals surface area contributed by atoms with E-state index < -0.39 is 0 Å². The van der Waals surface area contributed by atoms with Crippen molar-refractivity contribution in [1.29, 1.82) is 0 Å². The van der Waals surface area contributed by atoms with E-state index in [1.807, 2.05) is 41.8 Å². The molecule has 1 aliphatic rings. The number of nitrogens with zero attached hydrogens (tertiary/aromatic N) is 3. The molecule has 1 saturated heterocycles. The Morgan fingerprint density at radius 2 is 2.06 bits per heavy atom. The third-order valence-electron chi connectivity index (χ3n) is 5.74. The van der Waals surface area contributed by atoms with E-state index in [-0.39, 0.29) is 11.9 Å². The second-order valence-electron chi connectivity index (χ2n) is 7.80. The molecule has 7 nitrogen and oxygen atoms in total. The SMILES string of the molecule is COc1ccc(-c2csc(NC(=O)CN3CCCC3c3nc4ccccc4s3)n2)c(OC)c1. The lowest BCUT2D eigenvalue weighted by Crippen LogP contribution is -2.32. The van der Waals surface area contributed by atoms with Gasteiger partial charge in [-0.05, 0) is 43.7 Å². The van der Waals surface area contributed by atoms with Crippen LogP contribution in [-0.2, 0) is 4.79 Å². The van der Waals surface area contributed by atoms with Crippen LogP contribution in [0.15, 0.2) is 47.8 Å². The van der Waals surface area contributed by atoms with Crippen molar-refractivity contribution in [2.75, 3.05) is 32.6 Å². The molecule has 2 aromatic heterocycles. The van der Waals surface area contributed by atoms with E-state index in [1.54, 1.807) is 25.6 Å². The van der Waals surface area contributed by atoms with Crippen molar-refractivity contribution in [1.82, 2.24) is 14.9 Å². The number of amides is 1. The minimum atomic E-state index is -0.0643. The predicted molar refractivity (Wildman–Crippen MR) is 132 cm³/mol. The van der Waals surface area contributed by atoms with Gasteiger partial charge in [0.1, 0.15) is 16.5 Å². The zero-order valence-electron chi connectivity index (χ0n) is 18.4. The smallest absolute Gasteiger partial charge is 0.240 e. The lowest BCUT2D eigenvalue weighted by atomic mass is 10.1. The Bertz CT molecular complexity index is 1250. The molecule has 0 spiro atoms. The number of anilines is 1. The fraction of sp³-hybridized carbons (Fsp3) is 0.292. The molecule has 5 rings (SSSR count). The number of benzene rings is 2. The summed E-state index contributed by atoms with van der Waals surface area (Å²) in [7, 11) is 3.23. The highest BCUT2D eigenvalue weighted by atomic mass is 32.1. The first-order chi connectivity index (χ1) is 16.1. The van der Waals surface area contributed by atoms with Gasteiger partial charge >= 0.3 is 0 Å². The first-order valence-corrected chi connectivity index (χ1v) is 12.4. The lowest BCUT2D eigenvalue weighted by molar-refractivity contribution is -0.117. The van der Waals surface area contributed by atoms with E-state index in [4.69, 9.17) is 14.5 Å². The van der Waals surface area contributed by atoms with Crippen LogP contribution in [0.25, 0.3) is 21.5 Å². The minimum absolute atomic E-state index is 0.0643. The molecule has 4 aromatic rings. The van der Waals surface area contributed by atoms with Crippen LogP contribution in [0.1, 0.15) is 23.9 Å². The molecule has 1 fully saturated rings. The summed E-state index contributed by atoms with van der Waals surface area (Å²) < 4.78 is 11.9. The molecular weight excluding hydrogens is 456 g/mol. The summed E-state index contributed by atoms with van der Waals surface area (Å²) in [5, 5.41) is 6.54. The van der Waals surface area contributed by atoms with Gasteiger partial charge in [0.15, 0.2) is 5.13 Å². The van der Waals surface area contributed by atoms with E-state index in [0.717, 1.165) is 41.2 Å². The van der Waals surface area contributed by atoms with Crippen molar-refractivity contribution in [3.8, 4) is 22.8 Å². The van der Waals surface area contributed by atoms with Crippen molar-refractivity contribution in [3.63, 3.8) is 0 Å². The number of carbonyl (C=O) groups is 1. The van der Waals surface area contributed by atoms with Crippen LogP contribution < -0.4 is 14.8 Å². The maximum absolute atomic E-state index is 12.8. The molecule has 0 radical (unpaired) electrons. The van der Waals surface area contributed by atoms with Crippen molar-refractivity contribution < 1.29 is 14.3 Å². The number of thiazole rings is 2. The minimum Gasteiger partial charge on any atom is -0.497 e. The molecule has 2 aromatic carbocycles. The molecule has 9 heteroatoms. The topological polar surface area (TPSA) is 76.6 Å². The van der Waals surface area contributed by atoms with Gasteiger partial charge in [0.2, 0.25) is 5.91 Å². The van der Waals surface area contributed by atoms with Crippen LogP contribution >= 0.6 is 22.7 Å². The van der Waals surface area contributed by atoms with Gasteiger partial charge in [-0.25, -0.2) is 9.97 Å². The Balaban J connectivity index is 1.26. The van der Waals surface area contributed by atoms with Gasteiger partial charge in [0, 0.05) is 17.0 Å². The van der Waals surface area contributed by atoms with Gasteiger partial charge in [-0.1, -0.05) is 12.1 Å². The summed E-state index contributed by atoms with van der Waals surface area (Å²) in [6.45, 7) is 1.21. The quantitative estimate of drug-likeness (QED) is 0.391. The van der Waals surface area contributed by atoms with Crippen molar-refractivity contribution in [2.45, 2.75) is 18.9 Å². The number of fused-ring (bicyclic) bond motifs is 1. The molecule has 170 valence electrons. The maximum atomic E-state index is 12.8. The van der Waals surface area contributed by atoms with E-state index >= 15 is 0 Å². The molecule has 1 amide bonds. The summed E-state index contributed by atoms with van der Waals surface area (Å²) >= 11 is 3.12. The van der Waals surface area contributed by atoms with E-state index in [1.165, 1.54) is 16.0 Å². The van der Waals surface area contributed by atoms with Crippen molar-refractivity contribution in [3.05, 3.63) is 52.9 Å². The molecule has 0 bridgehead atoms. The molecule has 1 unspecified atom stereocenters. The van der Waals surface area contributed by atoms with Gasteiger partial charge in [0.05, 0.1) is 42.7 Å². The summed E-state index contributed by atoms with van der Waals surface area (Å²) in [5.41, 5.74) is 2.63. The van der Waals surface area contributed by atoms with Crippen LogP contribution in [0.3, 0.4) is 0 Å². The number of para-hydroxylation sites is 1. The number of hydrogen-bond acceptors (Lipinski definition) is 8. The van der Waals surface area contributed by atoms with E-state index in [0.29, 0.717) is 23.2 Å². The third-order valence-corrected chi connectivity index (χ3v) is 7.64. The molecule has 0 aliphatic carbocycles. The summed E-state index contributed by atoms with van der Waals surface area (Å²) in [6.07, 6.45) is 2.08. The zero-order chi connectivity index (χ0) is 22.8. The first-order valence-electron chi connectivity index (χ1n) is 10.7. The number of carbonyl (C=O) groups excluding carboxylic acids is 1. The highest BCUT2D eigenvalue weighted by Gasteiger charge is 2.30. The Morgan fingerprint density at radius 1 is 1.18 bits per heavy atom. The van der Waals surface area contributed by atoms with E-state index in [2.05, 4.69) is 21.3 Å². The lowest BCUT2D eigenvalue weighted by Gasteiger charge is -2.21. The summed E-state index contributed by atoms with van der Waals surface area (Å²) in [5.74, 6) is 1.33. The molecule has 1 aliphatic heterocycles. The third kappa shape index (κ3) is 4.57. The van der Waals surface area contributed by atoms with Gasteiger partial charge in [0.25, 0.3) is 0 Å². The fourth-order valence-corrected chi connectivity index (χ4v) is 6.00. The Hall–Kier alpha value is -3.01. The Labute approximate surface area is 200 Å². The molecular formula is C24H24N4O3S2. The van der Waals surface area contributed by atoms with E-state index in [9.17, 15) is 4.79 Å². The molecule has 3 heterocycles. The summed E-state index contributed by atoms with van der Waals surface area (Å²) in [6, 6.07) is 14.0. The molecule has 1 N–H and O–H groups in total. The van der Waals surface area contributed by atoms with Crippen LogP contribution in [-0.4, -0.2) is 48.1 Å². The highest BCUT2D eigenvalue weighted by Crippen LogP contribution is 2.37. The standard InChI is InChI=1S/C24H24N4O3S2/c1-30-15-9-10-16(20(12-15)31-2)18-14-32-24(26-18)27-22(29)13-28-11-5-7-19(28)23-25-17-6-3-4-8-21(17)33-23/h3-4,6,8-10,12,14,19H,5,7,11,13H2,1-2H3,(H,26,27,29). The maximum Gasteiger partial charge on any atom is 0.240 e. The normalized spacial score (nSPS) is 16.2. The van der Waals surface area contributed by atoms with Crippen LogP contribution in [0.5, 0.6) is 11.5 Å². The number of aromatic nitrogens is 2. The average molecular weight is 481 g/mol. The second kappa shape index (κ2) is 9.46. The predicted octanol–water partition coefficient (Wildman–Crippen LogP) is 5.21. The molecule has 1 atom stereocenters. The number of methoxy groups -OCH3 is 2. The second-order valence-corrected chi connectivity index (χ2v) is 9.72. The van der Waals surface area contributed by atoms with Crippen LogP contribution in [0.2, 0.25) is 0 Å². The van der Waals surface area contributed by atoms with Gasteiger partial charge in [-0.15, -0.1) is 22.7 Å². The Kier molecular flexibility index (Phi) is 6.26. The number of nitrogens with one attached hydrogen (secondary N) is 1. The highest BCUT2D eigenvalue weighted by molar-refractivity contribution is 7.18. The van der Waals surface area contributed by atoms with Gasteiger partial charge in [-0.3, -0.25) is 9.69 Å². The largest absolute Gasteiger partial charge is 0.497 e. The number of hydrogen-bond donors (Lipinski definition) is 1. The number of likely N-dealkylation sites (tertiary alicyclic amines) is 1. The molecule has 0 saturated carbocycles. The number of rotatable bonds is 7. The fourth-order valence-electron chi connectivity index (χ4n) is 4.14. The average Bonchev–Trinajstić information content (AvgIpc) is 3.57. The molecule has 33 heavy (non-hydrogen) atoms. The number of ether oxygens (including phenoxy) is 2. The zero-order valence-corrected chi connectivity index (χ0v) is 20.0. The van der Waals surface area contributed by atoms with Gasteiger partial charge in [-0.2, -0.15) is 0 Å². The Morgan fingerprint density at radius 3 is 2.88 bits per heavy atom. The van der Waals surface area contributed by atoms with Crippen molar-refractivity contribution in [2.24, 2.45) is 0 Å². The van der Waals surface area contributed by atoms with Crippen LogP contribution in [0.4, 0.5) is 5.13 Å². The first kappa shape index (κ1) is 21.8. The van der Waals surface area contributed by atoms with Crippen LogP contribution in [0, 0.1) is 0 Å².